The molecule has 0 spiro atoms. The number of benzene rings is 1. The van der Waals surface area contributed by atoms with Gasteiger partial charge in [0.05, 0.1) is 7.11 Å². The molecule has 4 nitrogen and oxygen atoms in total. The van der Waals surface area contributed by atoms with Crippen LogP contribution in [-0.4, -0.2) is 36.3 Å². The zero-order valence-electron chi connectivity index (χ0n) is 12.2. The number of carboxylic acid groups (broad SMARTS) is 1. The highest BCUT2D eigenvalue weighted by molar-refractivity contribution is 5.96. The van der Waals surface area contributed by atoms with Crippen LogP contribution in [0.25, 0.3) is 0 Å². The van der Waals surface area contributed by atoms with Crippen molar-refractivity contribution in [2.24, 2.45) is 5.41 Å². The highest BCUT2D eigenvalue weighted by Crippen LogP contribution is 2.53. The summed E-state index contributed by atoms with van der Waals surface area (Å²) in [6.07, 6.45) is -15.4. The van der Waals surface area contributed by atoms with Gasteiger partial charge < -0.3 is 9.84 Å². The van der Waals surface area contributed by atoms with E-state index in [1.54, 1.807) is 0 Å². The summed E-state index contributed by atoms with van der Waals surface area (Å²) in [4.78, 5) is 22.6. The summed E-state index contributed by atoms with van der Waals surface area (Å²) in [6, 6.07) is 4.91. The molecule has 1 rings (SSSR count). The van der Waals surface area contributed by atoms with Gasteiger partial charge in [0.15, 0.2) is 5.78 Å². The van der Waals surface area contributed by atoms with E-state index in [-0.39, 0.29) is 5.56 Å². The van der Waals surface area contributed by atoms with E-state index >= 15 is 0 Å². The number of ether oxygens (including phenoxy) is 1. The summed E-state index contributed by atoms with van der Waals surface area (Å²) >= 11 is 0. The molecule has 1 aromatic carbocycles. The minimum Gasteiger partial charge on any atom is -0.497 e. The lowest BCUT2D eigenvalue weighted by molar-refractivity contribution is -0.332. The number of ketones is 1. The van der Waals surface area contributed by atoms with E-state index in [2.05, 4.69) is 0 Å². The number of methoxy groups -OCH3 is 1. The van der Waals surface area contributed by atoms with Crippen molar-refractivity contribution in [1.29, 1.82) is 0 Å². The van der Waals surface area contributed by atoms with Crippen molar-refractivity contribution in [1.82, 2.24) is 0 Å². The first-order chi connectivity index (χ1) is 10.9. The monoisotopic (exact) mass is 358 g/mol. The Kier molecular flexibility index (Phi) is 5.52. The SMILES string of the molecule is COc1ccc(C(=O)CCC(C(=O)O)(C(F)(F)F)C(F)(F)F)cc1. The van der Waals surface area contributed by atoms with Gasteiger partial charge in [0.2, 0.25) is 0 Å². The Labute approximate surface area is 132 Å². The number of rotatable bonds is 6. The van der Waals surface area contributed by atoms with E-state index < -0.39 is 42.4 Å². The van der Waals surface area contributed by atoms with Crippen molar-refractivity contribution < 1.29 is 45.8 Å². The predicted molar refractivity (Wildman–Crippen MR) is 68.7 cm³/mol. The van der Waals surface area contributed by atoms with Crippen LogP contribution in [0.1, 0.15) is 23.2 Å². The molecule has 24 heavy (non-hydrogen) atoms. The molecule has 0 aromatic heterocycles. The molecule has 0 atom stereocenters. The van der Waals surface area contributed by atoms with Crippen LogP contribution in [-0.2, 0) is 4.79 Å². The maximum Gasteiger partial charge on any atom is 0.413 e. The van der Waals surface area contributed by atoms with Crippen LogP contribution >= 0.6 is 0 Å². The Morgan fingerprint density at radius 1 is 1.00 bits per heavy atom. The van der Waals surface area contributed by atoms with Gasteiger partial charge in [-0.05, 0) is 30.7 Å². The molecule has 0 unspecified atom stereocenters. The lowest BCUT2D eigenvalue weighted by atomic mass is 9.80. The van der Waals surface area contributed by atoms with Crippen molar-refractivity contribution in [3.8, 4) is 5.75 Å². The second-order valence-corrected chi connectivity index (χ2v) is 4.86. The Balaban J connectivity index is 3.08. The van der Waals surface area contributed by atoms with E-state index in [0.29, 0.717) is 5.75 Å². The molecule has 0 radical (unpaired) electrons. The normalized spacial score (nSPS) is 12.8. The standard InChI is InChI=1S/C14H12F6O4/c1-24-9-4-2-8(3-5-9)10(21)6-7-12(11(22)23,13(15,16)17)14(18,19)20/h2-5H,6-7H2,1H3,(H,22,23). The number of carbonyl (C=O) groups is 2. The topological polar surface area (TPSA) is 63.6 Å². The van der Waals surface area contributed by atoms with Crippen LogP contribution in [0.3, 0.4) is 0 Å². The summed E-state index contributed by atoms with van der Waals surface area (Å²) in [5.74, 6) is -3.81. The number of carboxylic acids is 1. The van der Waals surface area contributed by atoms with Crippen molar-refractivity contribution in [2.45, 2.75) is 25.2 Å². The van der Waals surface area contributed by atoms with Gasteiger partial charge in [0, 0.05) is 12.0 Å². The maximum absolute atomic E-state index is 12.8. The fraction of sp³-hybridized carbons (Fsp3) is 0.429. The van der Waals surface area contributed by atoms with Crippen LogP contribution in [0.5, 0.6) is 5.75 Å². The second-order valence-electron chi connectivity index (χ2n) is 4.86. The van der Waals surface area contributed by atoms with Crippen LogP contribution in [0.4, 0.5) is 26.3 Å². The number of aliphatic carboxylic acids is 1. The van der Waals surface area contributed by atoms with Gasteiger partial charge in [-0.3, -0.25) is 9.59 Å². The number of halogens is 6. The van der Waals surface area contributed by atoms with Crippen molar-refractivity contribution in [3.05, 3.63) is 29.8 Å². The largest absolute Gasteiger partial charge is 0.497 e. The summed E-state index contributed by atoms with van der Waals surface area (Å²) in [5, 5.41) is 8.58. The van der Waals surface area contributed by atoms with Gasteiger partial charge in [-0.25, -0.2) is 0 Å². The molecular formula is C14H12F6O4. The molecule has 1 N–H and O–H groups in total. The molecule has 0 amide bonds. The molecule has 0 heterocycles. The number of Topliss-reactive ketones (excluding diaryl/α,β-unsaturated/α-hetero) is 1. The third kappa shape index (κ3) is 3.62. The average Bonchev–Trinajstić information content (AvgIpc) is 2.44. The first-order valence-electron chi connectivity index (χ1n) is 6.41. The minimum atomic E-state index is -6.10. The van der Waals surface area contributed by atoms with E-state index in [1.807, 2.05) is 0 Å². The van der Waals surface area contributed by atoms with Gasteiger partial charge >= 0.3 is 18.3 Å². The molecule has 0 fully saturated rings. The van der Waals surface area contributed by atoms with E-state index in [4.69, 9.17) is 9.84 Å². The van der Waals surface area contributed by atoms with E-state index in [9.17, 15) is 35.9 Å². The zero-order valence-corrected chi connectivity index (χ0v) is 12.2. The summed E-state index contributed by atoms with van der Waals surface area (Å²) < 4.78 is 81.9. The van der Waals surface area contributed by atoms with Gasteiger partial charge in [0.25, 0.3) is 5.41 Å². The van der Waals surface area contributed by atoms with Crippen LogP contribution in [0.15, 0.2) is 24.3 Å². The third-order valence-corrected chi connectivity index (χ3v) is 3.47. The summed E-state index contributed by atoms with van der Waals surface area (Å²) in [6.45, 7) is 0. The smallest absolute Gasteiger partial charge is 0.413 e. The van der Waals surface area contributed by atoms with Crippen molar-refractivity contribution in [3.63, 3.8) is 0 Å². The van der Waals surface area contributed by atoms with Crippen LogP contribution < -0.4 is 4.74 Å². The quantitative estimate of drug-likeness (QED) is 0.620. The number of hydrogen-bond donors (Lipinski definition) is 1. The average molecular weight is 358 g/mol. The molecule has 0 bridgehead atoms. The molecule has 134 valence electrons. The number of alkyl halides is 6. The Hall–Kier alpha value is -2.26. The van der Waals surface area contributed by atoms with Gasteiger partial charge in [-0.15, -0.1) is 0 Å². The lowest BCUT2D eigenvalue weighted by Gasteiger charge is -2.33. The molecule has 1 aromatic rings. The Morgan fingerprint density at radius 3 is 1.79 bits per heavy atom. The fourth-order valence-electron chi connectivity index (χ4n) is 2.02. The number of carbonyl (C=O) groups excluding carboxylic acids is 1. The molecule has 0 aliphatic carbocycles. The minimum absolute atomic E-state index is 0.153. The van der Waals surface area contributed by atoms with Crippen LogP contribution in [0, 0.1) is 5.41 Å². The van der Waals surface area contributed by atoms with E-state index in [1.165, 1.54) is 19.2 Å². The Bertz CT molecular complexity index is 589. The highest BCUT2D eigenvalue weighted by atomic mass is 19.4. The summed E-state index contributed by atoms with van der Waals surface area (Å²) in [7, 11) is 1.32. The highest BCUT2D eigenvalue weighted by Gasteiger charge is 2.75. The molecule has 0 saturated carbocycles. The molecule has 0 aliphatic rings. The summed E-state index contributed by atoms with van der Waals surface area (Å²) in [5.41, 5.74) is -5.15. The van der Waals surface area contributed by atoms with Gasteiger partial charge in [-0.2, -0.15) is 26.3 Å². The third-order valence-electron chi connectivity index (χ3n) is 3.47. The zero-order chi connectivity index (χ0) is 18.8. The molecule has 0 aliphatic heterocycles. The molecule has 0 saturated heterocycles. The van der Waals surface area contributed by atoms with E-state index in [0.717, 1.165) is 12.1 Å². The maximum atomic E-state index is 12.8. The lowest BCUT2D eigenvalue weighted by Crippen LogP contribution is -2.55. The van der Waals surface area contributed by atoms with Gasteiger partial charge in [-0.1, -0.05) is 0 Å². The fourth-order valence-corrected chi connectivity index (χ4v) is 2.02. The van der Waals surface area contributed by atoms with Crippen LogP contribution in [0.2, 0.25) is 0 Å². The Morgan fingerprint density at radius 2 is 1.46 bits per heavy atom. The van der Waals surface area contributed by atoms with Crippen molar-refractivity contribution >= 4 is 11.8 Å². The molecule has 10 heteroatoms. The van der Waals surface area contributed by atoms with Crippen molar-refractivity contribution in [2.75, 3.05) is 7.11 Å². The second kappa shape index (κ2) is 6.70. The number of hydrogen-bond acceptors (Lipinski definition) is 3. The predicted octanol–water partition coefficient (Wildman–Crippen LogP) is 3.85. The van der Waals surface area contributed by atoms with Gasteiger partial charge in [0.1, 0.15) is 5.75 Å². The first-order valence-corrected chi connectivity index (χ1v) is 6.41. The first kappa shape index (κ1) is 19.8. The molecular weight excluding hydrogens is 346 g/mol.